The van der Waals surface area contributed by atoms with Crippen molar-refractivity contribution < 1.29 is 44.3 Å². The Morgan fingerprint density at radius 3 is 2.33 bits per heavy atom. The summed E-state index contributed by atoms with van der Waals surface area (Å²) in [5.41, 5.74) is 0. The Hall–Kier alpha value is 0.640. The fourth-order valence-electron chi connectivity index (χ4n) is 1.93. The van der Waals surface area contributed by atoms with Crippen LogP contribution in [0, 0.1) is 0 Å². The second kappa shape index (κ2) is 15.5. The molecule has 1 amide bonds. The van der Waals surface area contributed by atoms with Crippen LogP contribution in [0.3, 0.4) is 0 Å². The molecule has 0 saturated heterocycles. The number of carboxylic acid groups (broad SMARTS) is 1. The van der Waals surface area contributed by atoms with E-state index in [1.807, 2.05) is 6.92 Å². The van der Waals surface area contributed by atoms with Crippen LogP contribution in [0.4, 0.5) is 0 Å². The second-order valence-electron chi connectivity index (χ2n) is 5.14. The molecule has 118 valence electrons. The molecule has 0 fully saturated rings. The number of thiol groups is 2. The van der Waals surface area contributed by atoms with Gasteiger partial charge in [0, 0.05) is 23.7 Å². The molecule has 1 N–H and O–H groups in total. The molecule has 0 bridgehead atoms. The summed E-state index contributed by atoms with van der Waals surface area (Å²) in [5, 5.41) is 13.5. The number of unbranched alkanes of at least 4 members (excludes halogenated alkanes) is 1. The number of rotatable bonds is 12. The van der Waals surface area contributed by atoms with Crippen molar-refractivity contribution in [3.8, 4) is 0 Å². The molecule has 0 aliphatic rings. The summed E-state index contributed by atoms with van der Waals surface area (Å²) in [4.78, 5) is 21.9. The van der Waals surface area contributed by atoms with E-state index < -0.39 is 5.97 Å². The van der Waals surface area contributed by atoms with Gasteiger partial charge in [-0.05, 0) is 51.2 Å². The Morgan fingerprint density at radius 2 is 1.76 bits per heavy atom. The van der Waals surface area contributed by atoms with Gasteiger partial charge in [-0.25, -0.2) is 0 Å². The molecule has 0 heterocycles. The zero-order valence-corrected chi connectivity index (χ0v) is 16.9. The largest absolute Gasteiger partial charge is 1.00 e. The van der Waals surface area contributed by atoms with Gasteiger partial charge in [0.1, 0.15) is 0 Å². The number of amides is 1. The third kappa shape index (κ3) is 16.8. The van der Waals surface area contributed by atoms with E-state index in [4.69, 9.17) is 0 Å². The standard InChI is InChI=1S/C14H27NO3S2.Na/c1-11(5-4-8-14(17)18)15-13(16)7-3-2-6-12(20)9-10-19;/h11-12,19-20H,2-10H2,1H3,(H,15,16)(H,17,18);/q;+1/p-1. The van der Waals surface area contributed by atoms with E-state index in [1.54, 1.807) is 0 Å². The summed E-state index contributed by atoms with van der Waals surface area (Å²) in [6.07, 6.45) is 5.64. The molecule has 0 saturated carbocycles. The minimum absolute atomic E-state index is 0. The average Bonchev–Trinajstić information content (AvgIpc) is 2.34. The van der Waals surface area contributed by atoms with Crippen molar-refractivity contribution in [3.05, 3.63) is 0 Å². The predicted octanol–water partition coefficient (Wildman–Crippen LogP) is -1.41. The van der Waals surface area contributed by atoms with E-state index in [9.17, 15) is 14.7 Å². The van der Waals surface area contributed by atoms with E-state index in [1.165, 1.54) is 0 Å². The number of aliphatic carboxylic acids is 1. The quantitative estimate of drug-likeness (QED) is 0.232. The maximum atomic E-state index is 11.6. The third-order valence-electron chi connectivity index (χ3n) is 3.08. The van der Waals surface area contributed by atoms with Crippen molar-refractivity contribution in [2.45, 2.75) is 69.6 Å². The molecule has 0 spiro atoms. The summed E-state index contributed by atoms with van der Waals surface area (Å²) < 4.78 is 0. The normalized spacial score (nSPS) is 13.1. The van der Waals surface area contributed by atoms with Crippen molar-refractivity contribution >= 4 is 37.1 Å². The third-order valence-corrected chi connectivity index (χ3v) is 3.85. The fourth-order valence-corrected chi connectivity index (χ4v) is 2.76. The number of carbonyl (C=O) groups is 2. The monoisotopic (exact) mass is 343 g/mol. The number of carboxylic acids is 1. The summed E-state index contributed by atoms with van der Waals surface area (Å²) >= 11 is 8.60. The molecule has 4 nitrogen and oxygen atoms in total. The van der Waals surface area contributed by atoms with E-state index in [0.29, 0.717) is 24.5 Å². The first-order valence-electron chi connectivity index (χ1n) is 7.23. The van der Waals surface area contributed by atoms with Crippen LogP contribution >= 0.6 is 25.3 Å². The average molecular weight is 343 g/mol. The van der Waals surface area contributed by atoms with Crippen LogP contribution in [-0.2, 0) is 9.59 Å². The number of carbonyl (C=O) groups excluding carboxylic acids is 2. The number of nitrogens with one attached hydrogen (secondary N) is 1. The van der Waals surface area contributed by atoms with E-state index in [-0.39, 0.29) is 47.9 Å². The predicted molar refractivity (Wildman–Crippen MR) is 86.2 cm³/mol. The van der Waals surface area contributed by atoms with Crippen molar-refractivity contribution in [2.24, 2.45) is 0 Å². The van der Waals surface area contributed by atoms with Crippen LogP contribution in [0.1, 0.15) is 58.3 Å². The first-order valence-corrected chi connectivity index (χ1v) is 8.38. The molecule has 0 rings (SSSR count). The van der Waals surface area contributed by atoms with Crippen LogP contribution in [0.2, 0.25) is 0 Å². The van der Waals surface area contributed by atoms with Gasteiger partial charge in [-0.15, -0.1) is 0 Å². The summed E-state index contributed by atoms with van der Waals surface area (Å²) in [6.45, 7) is 1.89. The van der Waals surface area contributed by atoms with Gasteiger partial charge in [0.25, 0.3) is 0 Å². The zero-order valence-electron chi connectivity index (χ0n) is 13.1. The summed E-state index contributed by atoms with van der Waals surface area (Å²) in [5.74, 6) is -0.153. The van der Waals surface area contributed by atoms with Crippen molar-refractivity contribution in [1.82, 2.24) is 5.32 Å². The molecular weight excluding hydrogens is 317 g/mol. The van der Waals surface area contributed by atoms with Gasteiger partial charge in [-0.3, -0.25) is 4.79 Å². The van der Waals surface area contributed by atoms with Crippen LogP contribution in [0.5, 0.6) is 0 Å². The number of hydrogen-bond acceptors (Lipinski definition) is 5. The smallest absolute Gasteiger partial charge is 0.550 e. The Labute approximate surface area is 161 Å². The van der Waals surface area contributed by atoms with E-state index in [2.05, 4.69) is 30.6 Å². The van der Waals surface area contributed by atoms with Gasteiger partial charge in [-0.2, -0.15) is 25.3 Å². The van der Waals surface area contributed by atoms with Crippen molar-refractivity contribution in [1.29, 1.82) is 0 Å². The molecule has 0 aliphatic carbocycles. The Bertz CT molecular complexity index is 293. The maximum absolute atomic E-state index is 11.6. The zero-order chi connectivity index (χ0) is 15.4. The Balaban J connectivity index is 0. The maximum Gasteiger partial charge on any atom is 1.00 e. The molecule has 21 heavy (non-hydrogen) atoms. The SMILES string of the molecule is CC(CCCC(=O)[O-])NC(=O)CCCCC(S)CCS.[Na+]. The topological polar surface area (TPSA) is 69.2 Å². The molecule has 2 unspecified atom stereocenters. The number of hydrogen-bond donors (Lipinski definition) is 3. The molecule has 0 aromatic carbocycles. The van der Waals surface area contributed by atoms with Crippen LogP contribution in [0.25, 0.3) is 0 Å². The van der Waals surface area contributed by atoms with Gasteiger partial charge in [0.05, 0.1) is 0 Å². The molecule has 0 radical (unpaired) electrons. The van der Waals surface area contributed by atoms with Gasteiger partial charge in [0.15, 0.2) is 0 Å². The van der Waals surface area contributed by atoms with Gasteiger partial charge in [0.2, 0.25) is 5.91 Å². The molecule has 0 aromatic heterocycles. The van der Waals surface area contributed by atoms with Gasteiger partial charge < -0.3 is 15.2 Å². The minimum atomic E-state index is -1.04. The van der Waals surface area contributed by atoms with Crippen LogP contribution in [0.15, 0.2) is 0 Å². The second-order valence-corrected chi connectivity index (χ2v) is 6.32. The van der Waals surface area contributed by atoms with Gasteiger partial charge in [-0.1, -0.05) is 6.42 Å². The van der Waals surface area contributed by atoms with Crippen molar-refractivity contribution in [3.63, 3.8) is 0 Å². The Kier molecular flexibility index (Phi) is 17.7. The molecular formula is C14H26NNaO3S2. The van der Waals surface area contributed by atoms with E-state index in [0.717, 1.165) is 31.4 Å². The van der Waals surface area contributed by atoms with Crippen molar-refractivity contribution in [2.75, 3.05) is 5.75 Å². The Morgan fingerprint density at radius 1 is 1.10 bits per heavy atom. The molecule has 0 aliphatic heterocycles. The van der Waals surface area contributed by atoms with Gasteiger partial charge >= 0.3 is 29.6 Å². The minimum Gasteiger partial charge on any atom is -0.550 e. The van der Waals surface area contributed by atoms with Crippen LogP contribution < -0.4 is 40.0 Å². The first kappa shape index (κ1) is 23.9. The molecule has 2 atom stereocenters. The first-order chi connectivity index (χ1) is 9.45. The molecule has 7 heteroatoms. The fraction of sp³-hybridized carbons (Fsp3) is 0.857. The van der Waals surface area contributed by atoms with E-state index >= 15 is 0 Å². The summed E-state index contributed by atoms with van der Waals surface area (Å²) in [6, 6.07) is 0.0173. The van der Waals surface area contributed by atoms with Crippen LogP contribution in [-0.4, -0.2) is 28.9 Å². The summed E-state index contributed by atoms with van der Waals surface area (Å²) in [7, 11) is 0. The molecule has 0 aromatic rings.